The molecular formula is C32H37N3O2S. The molecule has 0 radical (unpaired) electrons. The van der Waals surface area contributed by atoms with Crippen LogP contribution < -0.4 is 9.64 Å². The summed E-state index contributed by atoms with van der Waals surface area (Å²) < 4.78 is 5.88. The van der Waals surface area contributed by atoms with Crippen LogP contribution in [0.1, 0.15) is 29.0 Å². The smallest absolute Gasteiger partial charge is 0.217 e. The summed E-state index contributed by atoms with van der Waals surface area (Å²) in [6.07, 6.45) is 2.46. The summed E-state index contributed by atoms with van der Waals surface area (Å²) in [6.45, 7) is 2.70. The van der Waals surface area contributed by atoms with Crippen molar-refractivity contribution in [3.63, 3.8) is 0 Å². The van der Waals surface area contributed by atoms with E-state index in [4.69, 9.17) is 9.72 Å². The molecule has 0 spiro atoms. The highest BCUT2D eigenvalue weighted by Crippen LogP contribution is 2.49. The van der Waals surface area contributed by atoms with Crippen LogP contribution in [0.15, 0.2) is 85.1 Å². The van der Waals surface area contributed by atoms with E-state index < -0.39 is 11.5 Å². The molecule has 2 heterocycles. The number of nitrogens with zero attached hydrogens (tertiary/aromatic N) is 3. The van der Waals surface area contributed by atoms with E-state index in [-0.39, 0.29) is 0 Å². The molecule has 4 aromatic rings. The predicted molar refractivity (Wildman–Crippen MR) is 160 cm³/mol. The van der Waals surface area contributed by atoms with Gasteiger partial charge in [0.15, 0.2) is 0 Å². The van der Waals surface area contributed by atoms with Gasteiger partial charge in [-0.25, -0.2) is 4.98 Å². The monoisotopic (exact) mass is 527 g/mol. The number of aromatic nitrogens is 1. The SMILES string of the molecule is COc1ncc(N2CCSCC2)cc1C(c1ccccc1)C(O)(CCN(C)C)c1cccc2ccccc12. The number of benzene rings is 3. The summed E-state index contributed by atoms with van der Waals surface area (Å²) in [6, 6.07) is 27.1. The number of thioether (sulfide) groups is 1. The Morgan fingerprint density at radius 3 is 2.45 bits per heavy atom. The molecule has 0 aliphatic carbocycles. The Bertz CT molecular complexity index is 1350. The third kappa shape index (κ3) is 5.39. The van der Waals surface area contributed by atoms with E-state index in [0.717, 1.165) is 64.3 Å². The molecule has 1 aromatic heterocycles. The Kier molecular flexibility index (Phi) is 8.22. The van der Waals surface area contributed by atoms with Gasteiger partial charge in [0.25, 0.3) is 0 Å². The van der Waals surface area contributed by atoms with Crippen molar-refractivity contribution in [3.8, 4) is 5.88 Å². The van der Waals surface area contributed by atoms with Gasteiger partial charge in [-0.2, -0.15) is 11.8 Å². The summed E-state index contributed by atoms with van der Waals surface area (Å²) >= 11 is 1.99. The molecule has 38 heavy (non-hydrogen) atoms. The van der Waals surface area contributed by atoms with Crippen LogP contribution in [0.25, 0.3) is 10.8 Å². The summed E-state index contributed by atoms with van der Waals surface area (Å²) in [7, 11) is 5.78. The molecule has 1 aliphatic heterocycles. The number of methoxy groups -OCH3 is 1. The summed E-state index contributed by atoms with van der Waals surface area (Å²) in [5.41, 5.74) is 2.72. The Morgan fingerprint density at radius 2 is 1.71 bits per heavy atom. The summed E-state index contributed by atoms with van der Waals surface area (Å²) in [5.74, 6) is 2.37. The van der Waals surface area contributed by atoms with E-state index >= 15 is 0 Å². The van der Waals surface area contributed by atoms with E-state index in [1.165, 1.54) is 0 Å². The maximum atomic E-state index is 13.1. The first-order valence-corrected chi connectivity index (χ1v) is 14.4. The maximum Gasteiger partial charge on any atom is 0.217 e. The number of pyridine rings is 1. The van der Waals surface area contributed by atoms with Crippen molar-refractivity contribution in [1.29, 1.82) is 0 Å². The van der Waals surface area contributed by atoms with Gasteiger partial charge in [0.1, 0.15) is 5.60 Å². The number of hydrogen-bond donors (Lipinski definition) is 1. The molecule has 0 saturated carbocycles. The fourth-order valence-electron chi connectivity index (χ4n) is 5.62. The van der Waals surface area contributed by atoms with Crippen LogP contribution in [0.5, 0.6) is 5.88 Å². The standard InChI is InChI=1S/C32H37N3O2S/c1-34(2)17-16-32(36,29-15-9-13-24-10-7-8-14-27(24)29)30(25-11-5-4-6-12-25)28-22-26(23-33-31(28)37-3)35-18-20-38-21-19-35/h4-15,22-23,30,36H,16-21H2,1-3H3. The van der Waals surface area contributed by atoms with Crippen LogP contribution in [0, 0.1) is 0 Å². The third-order valence-corrected chi connectivity index (χ3v) is 8.49. The van der Waals surface area contributed by atoms with E-state index in [2.05, 4.69) is 72.4 Å². The molecule has 2 atom stereocenters. The molecule has 5 nitrogen and oxygen atoms in total. The second-order valence-corrected chi connectivity index (χ2v) is 11.5. The van der Waals surface area contributed by atoms with Crippen molar-refractivity contribution in [1.82, 2.24) is 9.88 Å². The van der Waals surface area contributed by atoms with Crippen molar-refractivity contribution < 1.29 is 9.84 Å². The Hall–Kier alpha value is -3.06. The molecule has 1 aliphatic rings. The lowest BCUT2D eigenvalue weighted by atomic mass is 9.70. The zero-order chi connectivity index (χ0) is 26.5. The molecule has 198 valence electrons. The number of aliphatic hydroxyl groups is 1. The minimum Gasteiger partial charge on any atom is -0.481 e. The van der Waals surface area contributed by atoms with Crippen LogP contribution in [-0.2, 0) is 5.60 Å². The van der Waals surface area contributed by atoms with Crippen molar-refractivity contribution in [2.75, 3.05) is 57.2 Å². The van der Waals surface area contributed by atoms with E-state index in [9.17, 15) is 5.11 Å². The summed E-state index contributed by atoms with van der Waals surface area (Å²) in [4.78, 5) is 9.32. The van der Waals surface area contributed by atoms with Gasteiger partial charge in [-0.05, 0) is 48.5 Å². The van der Waals surface area contributed by atoms with Crippen molar-refractivity contribution in [2.24, 2.45) is 0 Å². The number of rotatable bonds is 9. The number of anilines is 1. The normalized spacial score (nSPS) is 16.4. The zero-order valence-electron chi connectivity index (χ0n) is 22.5. The quantitative estimate of drug-likeness (QED) is 0.298. The van der Waals surface area contributed by atoms with Crippen LogP contribution in [0.3, 0.4) is 0 Å². The lowest BCUT2D eigenvalue weighted by Gasteiger charge is -2.40. The minimum absolute atomic E-state index is 0.393. The van der Waals surface area contributed by atoms with Crippen molar-refractivity contribution >= 4 is 28.2 Å². The molecule has 5 rings (SSSR count). The number of ether oxygens (including phenoxy) is 1. The minimum atomic E-state index is -1.22. The van der Waals surface area contributed by atoms with Gasteiger partial charge in [0.05, 0.1) is 19.0 Å². The van der Waals surface area contributed by atoms with Gasteiger partial charge < -0.3 is 19.6 Å². The second-order valence-electron chi connectivity index (χ2n) is 10.2. The van der Waals surface area contributed by atoms with Gasteiger partial charge in [0, 0.05) is 42.6 Å². The average Bonchev–Trinajstić information content (AvgIpc) is 2.97. The Labute approximate surface area is 230 Å². The van der Waals surface area contributed by atoms with E-state index in [0.29, 0.717) is 12.3 Å². The lowest BCUT2D eigenvalue weighted by Crippen LogP contribution is -2.38. The van der Waals surface area contributed by atoms with Gasteiger partial charge >= 0.3 is 0 Å². The fraction of sp³-hybridized carbons (Fsp3) is 0.344. The van der Waals surface area contributed by atoms with Crippen molar-refractivity contribution in [3.05, 3.63) is 102 Å². The first-order chi connectivity index (χ1) is 18.5. The highest BCUT2D eigenvalue weighted by Gasteiger charge is 2.43. The lowest BCUT2D eigenvalue weighted by molar-refractivity contribution is 0.00516. The zero-order valence-corrected chi connectivity index (χ0v) is 23.3. The molecule has 3 aromatic carbocycles. The molecule has 1 N–H and O–H groups in total. The number of hydrogen-bond acceptors (Lipinski definition) is 6. The number of fused-ring (bicyclic) bond motifs is 1. The molecule has 1 fully saturated rings. The maximum absolute atomic E-state index is 13.1. The average molecular weight is 528 g/mol. The largest absolute Gasteiger partial charge is 0.481 e. The molecule has 0 bridgehead atoms. The van der Waals surface area contributed by atoms with E-state index in [1.807, 2.05) is 48.3 Å². The third-order valence-electron chi connectivity index (χ3n) is 7.55. The molecular weight excluding hydrogens is 490 g/mol. The van der Waals surface area contributed by atoms with Gasteiger partial charge in [0.2, 0.25) is 5.88 Å². The van der Waals surface area contributed by atoms with Crippen LogP contribution >= 0.6 is 11.8 Å². The second kappa shape index (κ2) is 11.8. The topological polar surface area (TPSA) is 48.8 Å². The highest BCUT2D eigenvalue weighted by molar-refractivity contribution is 7.99. The molecule has 1 saturated heterocycles. The first-order valence-electron chi connectivity index (χ1n) is 13.3. The Balaban J connectivity index is 1.76. The molecule has 2 unspecified atom stereocenters. The summed E-state index contributed by atoms with van der Waals surface area (Å²) in [5, 5.41) is 15.3. The van der Waals surface area contributed by atoms with Crippen LogP contribution in [-0.4, -0.2) is 67.3 Å². The highest BCUT2D eigenvalue weighted by atomic mass is 32.2. The predicted octanol–water partition coefficient (Wildman–Crippen LogP) is 5.77. The first kappa shape index (κ1) is 26.5. The molecule has 6 heteroatoms. The van der Waals surface area contributed by atoms with Crippen LogP contribution in [0.2, 0.25) is 0 Å². The van der Waals surface area contributed by atoms with Gasteiger partial charge in [-0.15, -0.1) is 0 Å². The van der Waals surface area contributed by atoms with Gasteiger partial charge in [-0.1, -0.05) is 72.8 Å². The van der Waals surface area contributed by atoms with E-state index in [1.54, 1.807) is 7.11 Å². The fourth-order valence-corrected chi connectivity index (χ4v) is 6.52. The van der Waals surface area contributed by atoms with Gasteiger partial charge in [-0.3, -0.25) is 0 Å². The Morgan fingerprint density at radius 1 is 1.00 bits per heavy atom. The van der Waals surface area contributed by atoms with Crippen molar-refractivity contribution in [2.45, 2.75) is 17.9 Å². The van der Waals surface area contributed by atoms with Crippen LogP contribution in [0.4, 0.5) is 5.69 Å². The molecule has 0 amide bonds.